The molecule has 6 nitrogen and oxygen atoms in total. The van der Waals surface area contributed by atoms with Crippen molar-refractivity contribution in [3.8, 4) is 11.8 Å². The third kappa shape index (κ3) is 3.27. The van der Waals surface area contributed by atoms with Crippen LogP contribution in [0.3, 0.4) is 0 Å². The van der Waals surface area contributed by atoms with Crippen LogP contribution in [0.15, 0.2) is 36.5 Å². The quantitative estimate of drug-likeness (QED) is 0.418. The highest BCUT2D eigenvalue weighted by Crippen LogP contribution is 2.50. The first-order valence-corrected chi connectivity index (χ1v) is 10.8. The van der Waals surface area contributed by atoms with Gasteiger partial charge in [0.1, 0.15) is 0 Å². The number of rotatable bonds is 5. The molecule has 2 aromatic carbocycles. The van der Waals surface area contributed by atoms with Crippen molar-refractivity contribution in [3.05, 3.63) is 59.4 Å². The summed E-state index contributed by atoms with van der Waals surface area (Å²) < 4.78 is 30.0. The molecule has 0 bridgehead atoms. The second-order valence-corrected chi connectivity index (χ2v) is 9.44. The van der Waals surface area contributed by atoms with Gasteiger partial charge in [-0.2, -0.15) is 10.4 Å². The molecule has 0 unspecified atom stereocenters. The highest BCUT2D eigenvalue weighted by Gasteiger charge is 2.41. The summed E-state index contributed by atoms with van der Waals surface area (Å²) >= 11 is 0. The van der Waals surface area contributed by atoms with E-state index in [1.807, 2.05) is 30.5 Å². The van der Waals surface area contributed by atoms with Crippen LogP contribution in [0.2, 0.25) is 0 Å². The molecule has 0 amide bonds. The fourth-order valence-electron chi connectivity index (χ4n) is 5.06. The van der Waals surface area contributed by atoms with Crippen molar-refractivity contribution in [1.82, 2.24) is 14.8 Å². The Bertz CT molecular complexity index is 1450. The number of carbonyl (C=O) groups is 1. The van der Waals surface area contributed by atoms with E-state index in [1.165, 1.54) is 6.07 Å². The molecule has 2 N–H and O–H groups in total. The number of halogens is 2. The Morgan fingerprint density at radius 2 is 2.03 bits per heavy atom. The van der Waals surface area contributed by atoms with Crippen molar-refractivity contribution < 1.29 is 18.7 Å². The molecule has 0 saturated heterocycles. The number of H-pyrrole nitrogens is 1. The molecule has 0 spiro atoms. The summed E-state index contributed by atoms with van der Waals surface area (Å²) in [6.45, 7) is 3.90. The zero-order chi connectivity index (χ0) is 23.5. The van der Waals surface area contributed by atoms with Crippen LogP contribution >= 0.6 is 0 Å². The average Bonchev–Trinajstić information content (AvgIpc) is 3.29. The largest absolute Gasteiger partial charge is 0.481 e. The average molecular weight is 448 g/mol. The lowest BCUT2D eigenvalue weighted by molar-refractivity contribution is -0.145. The number of nitrogens with one attached hydrogen (secondary N) is 1. The van der Waals surface area contributed by atoms with Crippen molar-refractivity contribution in [3.63, 3.8) is 0 Å². The molecule has 2 aromatic heterocycles. The lowest BCUT2D eigenvalue weighted by atomic mass is 9.68. The topological polar surface area (TPSA) is 94.7 Å². The minimum absolute atomic E-state index is 0.0199. The van der Waals surface area contributed by atoms with Crippen LogP contribution in [0.5, 0.6) is 0 Å². The van der Waals surface area contributed by atoms with E-state index < -0.39 is 28.9 Å². The van der Waals surface area contributed by atoms with Gasteiger partial charge in [0.25, 0.3) is 0 Å². The van der Waals surface area contributed by atoms with Gasteiger partial charge < -0.3 is 9.67 Å². The molecule has 1 saturated carbocycles. The number of aromatic amines is 1. The summed E-state index contributed by atoms with van der Waals surface area (Å²) in [5, 5.41) is 27.8. The molecule has 8 heteroatoms. The van der Waals surface area contributed by atoms with E-state index in [4.69, 9.17) is 0 Å². The second-order valence-electron chi connectivity index (χ2n) is 9.44. The van der Waals surface area contributed by atoms with E-state index in [0.717, 1.165) is 45.2 Å². The van der Waals surface area contributed by atoms with Gasteiger partial charge in [-0.3, -0.25) is 9.89 Å². The molecule has 1 aliphatic carbocycles. The summed E-state index contributed by atoms with van der Waals surface area (Å²) in [5.41, 5.74) is 3.20. The number of hydrogen-bond acceptors (Lipinski definition) is 3. The van der Waals surface area contributed by atoms with Crippen LogP contribution in [0.25, 0.3) is 27.5 Å². The number of aromatic nitrogens is 3. The normalized spacial score (nSPS) is 18.4. The number of aliphatic carboxylic acids is 1. The van der Waals surface area contributed by atoms with Crippen LogP contribution in [0, 0.1) is 28.9 Å². The van der Waals surface area contributed by atoms with Crippen LogP contribution < -0.4 is 0 Å². The van der Waals surface area contributed by atoms with E-state index in [1.54, 1.807) is 6.20 Å². The Hall–Kier alpha value is -3.73. The molecule has 1 fully saturated rings. The summed E-state index contributed by atoms with van der Waals surface area (Å²) in [6, 6.07) is 9.94. The van der Waals surface area contributed by atoms with Crippen LogP contribution in [-0.2, 0) is 10.2 Å². The van der Waals surface area contributed by atoms with Crippen molar-refractivity contribution >= 4 is 27.8 Å². The number of nitriles is 1. The Labute approximate surface area is 188 Å². The van der Waals surface area contributed by atoms with Crippen LogP contribution in [-0.4, -0.2) is 25.8 Å². The highest BCUT2D eigenvalue weighted by atomic mass is 19.2. The lowest BCUT2D eigenvalue weighted by Crippen LogP contribution is -2.31. The van der Waals surface area contributed by atoms with Gasteiger partial charge in [0.15, 0.2) is 11.6 Å². The zero-order valence-corrected chi connectivity index (χ0v) is 18.2. The molecular formula is C25H22F2N4O2. The van der Waals surface area contributed by atoms with Crippen molar-refractivity contribution in [2.75, 3.05) is 0 Å². The third-order valence-electron chi connectivity index (χ3n) is 6.79. The molecular weight excluding hydrogens is 426 g/mol. The number of carboxylic acids is 1. The Morgan fingerprint density at radius 1 is 1.27 bits per heavy atom. The molecule has 0 aliphatic heterocycles. The summed E-state index contributed by atoms with van der Waals surface area (Å²) in [5.74, 6) is -3.15. The number of nitrogens with zero attached hydrogens (tertiary/aromatic N) is 3. The lowest BCUT2D eigenvalue weighted by Gasteiger charge is -2.36. The number of carboxylic acid groups (broad SMARTS) is 1. The first-order valence-electron chi connectivity index (χ1n) is 10.8. The molecule has 168 valence electrons. The molecule has 5 rings (SSSR count). The van der Waals surface area contributed by atoms with Crippen molar-refractivity contribution in [2.24, 2.45) is 5.92 Å². The Morgan fingerprint density at radius 3 is 2.70 bits per heavy atom. The minimum atomic E-state index is -0.959. The fourth-order valence-corrected chi connectivity index (χ4v) is 5.06. The van der Waals surface area contributed by atoms with E-state index in [-0.39, 0.29) is 12.3 Å². The van der Waals surface area contributed by atoms with Gasteiger partial charge in [-0.25, -0.2) is 8.78 Å². The van der Waals surface area contributed by atoms with E-state index in [2.05, 4.69) is 16.3 Å². The number of benzene rings is 2. The maximum absolute atomic E-state index is 14.3. The van der Waals surface area contributed by atoms with Gasteiger partial charge in [-0.1, -0.05) is 13.8 Å². The first-order chi connectivity index (χ1) is 15.7. The third-order valence-corrected chi connectivity index (χ3v) is 6.79. The standard InChI is InChI=1S/C25H22F2N4O2/c1-25(2,5-6-28)23-22(13-7-14(8-13)24(32)33)17-11-20-15(12-29-30-20)9-21(17)31(23)16-3-4-18(26)19(27)10-16/h3-4,9-14H,5,7-8H2,1-2H3,(H,29,30)(H,32,33)/t13-,14-. The van der Waals surface area contributed by atoms with E-state index in [9.17, 15) is 23.9 Å². The van der Waals surface area contributed by atoms with Gasteiger partial charge in [0.05, 0.1) is 29.2 Å². The van der Waals surface area contributed by atoms with Gasteiger partial charge in [0, 0.05) is 40.1 Å². The van der Waals surface area contributed by atoms with Gasteiger partial charge in [-0.05, 0) is 48.6 Å². The highest BCUT2D eigenvalue weighted by molar-refractivity contribution is 5.99. The monoisotopic (exact) mass is 448 g/mol. The number of hydrogen-bond donors (Lipinski definition) is 2. The molecule has 0 radical (unpaired) electrons. The summed E-state index contributed by atoms with van der Waals surface area (Å²) in [7, 11) is 0. The SMILES string of the molecule is CC(C)(CC#N)c1c([C@H]2C[C@H](C(=O)O)C2)c2cc3[nH]ncc3cc2n1-c1ccc(F)c(F)c1. The van der Waals surface area contributed by atoms with Crippen molar-refractivity contribution in [1.29, 1.82) is 5.26 Å². The van der Waals surface area contributed by atoms with Crippen molar-refractivity contribution in [2.45, 2.75) is 44.4 Å². The second kappa shape index (κ2) is 7.41. The molecule has 33 heavy (non-hydrogen) atoms. The van der Waals surface area contributed by atoms with Gasteiger partial charge >= 0.3 is 5.97 Å². The predicted octanol–water partition coefficient (Wildman–Crippen LogP) is 5.55. The molecule has 0 atom stereocenters. The van der Waals surface area contributed by atoms with Gasteiger partial charge in [-0.15, -0.1) is 0 Å². The fraction of sp³-hybridized carbons (Fsp3) is 0.320. The summed E-state index contributed by atoms with van der Waals surface area (Å²) in [4.78, 5) is 11.5. The Kier molecular flexibility index (Phi) is 4.74. The minimum Gasteiger partial charge on any atom is -0.481 e. The van der Waals surface area contributed by atoms with Crippen LogP contribution in [0.1, 0.15) is 50.3 Å². The Balaban J connectivity index is 1.87. The zero-order valence-electron chi connectivity index (χ0n) is 18.2. The number of fused-ring (bicyclic) bond motifs is 2. The van der Waals surface area contributed by atoms with E-state index in [0.29, 0.717) is 18.5 Å². The molecule has 2 heterocycles. The van der Waals surface area contributed by atoms with E-state index >= 15 is 0 Å². The molecule has 1 aliphatic rings. The summed E-state index contributed by atoms with van der Waals surface area (Å²) in [6.07, 6.45) is 2.88. The predicted molar refractivity (Wildman–Crippen MR) is 119 cm³/mol. The molecule has 4 aromatic rings. The smallest absolute Gasteiger partial charge is 0.306 e. The van der Waals surface area contributed by atoms with Crippen LogP contribution in [0.4, 0.5) is 8.78 Å². The maximum atomic E-state index is 14.3. The maximum Gasteiger partial charge on any atom is 0.306 e. The van der Waals surface area contributed by atoms with Gasteiger partial charge in [0.2, 0.25) is 0 Å². The first kappa shape index (κ1) is 21.1.